The van der Waals surface area contributed by atoms with Crippen molar-refractivity contribution in [2.24, 2.45) is 11.8 Å². The molecule has 0 bridgehead atoms. The standard InChI is InChI=1S/C29H35BrFN7O4/c1-29(2,3)42-28(41)32-16-17-7-9-19(10-8-17)26(39)34-24(14-18-5-4-6-20(30)13-18)27(40)33-21-11-12-22(23(31)15-21)25-35-37-38-36-25/h4-6,11-13,15,17,19,24H,7-10,14,16H2,1-3H3,(H,32,41)(H,33,40)(H,34,39)(H,35,36,37,38)/t17?,19?,24-/m0/s1. The summed E-state index contributed by atoms with van der Waals surface area (Å²) in [6, 6.07) is 10.8. The molecule has 1 aliphatic carbocycles. The van der Waals surface area contributed by atoms with E-state index in [1.165, 1.54) is 18.2 Å². The number of nitrogens with zero attached hydrogens (tertiary/aromatic N) is 3. The van der Waals surface area contributed by atoms with Crippen molar-refractivity contribution >= 4 is 39.5 Å². The molecular weight excluding hydrogens is 609 g/mol. The van der Waals surface area contributed by atoms with Crippen LogP contribution in [-0.2, 0) is 20.7 Å². The predicted molar refractivity (Wildman–Crippen MR) is 158 cm³/mol. The Balaban J connectivity index is 1.37. The summed E-state index contributed by atoms with van der Waals surface area (Å²) in [5, 5.41) is 21.8. The molecule has 4 rings (SSSR count). The molecule has 0 aliphatic heterocycles. The highest BCUT2D eigenvalue weighted by molar-refractivity contribution is 9.10. The number of halogens is 2. The van der Waals surface area contributed by atoms with Crippen molar-refractivity contribution in [3.05, 3.63) is 58.3 Å². The summed E-state index contributed by atoms with van der Waals surface area (Å²) in [7, 11) is 0. The number of amides is 3. The molecule has 0 spiro atoms. The Hall–Kier alpha value is -3.87. The Morgan fingerprint density at radius 2 is 1.88 bits per heavy atom. The van der Waals surface area contributed by atoms with Gasteiger partial charge in [0.05, 0.1) is 5.56 Å². The first-order valence-electron chi connectivity index (χ1n) is 13.8. The lowest BCUT2D eigenvalue weighted by Crippen LogP contribution is -2.48. The third-order valence-electron chi connectivity index (χ3n) is 6.94. The second kappa shape index (κ2) is 13.9. The number of hydrogen-bond acceptors (Lipinski definition) is 7. The largest absolute Gasteiger partial charge is 0.444 e. The first-order valence-corrected chi connectivity index (χ1v) is 14.6. The number of ether oxygens (including phenoxy) is 1. The van der Waals surface area contributed by atoms with E-state index >= 15 is 0 Å². The molecule has 3 aromatic rings. The van der Waals surface area contributed by atoms with Crippen molar-refractivity contribution < 1.29 is 23.5 Å². The van der Waals surface area contributed by atoms with Crippen LogP contribution in [-0.4, -0.2) is 56.7 Å². The molecule has 11 nitrogen and oxygen atoms in total. The van der Waals surface area contributed by atoms with Crippen LogP contribution in [0.1, 0.15) is 52.0 Å². The first-order chi connectivity index (χ1) is 20.0. The normalized spacial score (nSPS) is 17.6. The minimum absolute atomic E-state index is 0.0977. The van der Waals surface area contributed by atoms with E-state index in [0.717, 1.165) is 22.9 Å². The van der Waals surface area contributed by atoms with Gasteiger partial charge in [0.2, 0.25) is 17.6 Å². The molecule has 1 atom stereocenters. The highest BCUT2D eigenvalue weighted by atomic mass is 79.9. The Labute approximate surface area is 251 Å². The number of aromatic nitrogens is 4. The molecule has 0 radical (unpaired) electrons. The zero-order chi connectivity index (χ0) is 30.3. The fourth-order valence-corrected chi connectivity index (χ4v) is 5.30. The number of rotatable bonds is 9. The molecule has 2 aromatic carbocycles. The number of benzene rings is 2. The number of carbonyl (C=O) groups excluding carboxylic acids is 3. The Kier molecular flexibility index (Phi) is 10.3. The summed E-state index contributed by atoms with van der Waals surface area (Å²) in [5.41, 5.74) is 0.653. The quantitative estimate of drug-likeness (QED) is 0.262. The van der Waals surface area contributed by atoms with Gasteiger partial charge in [-0.15, -0.1) is 10.2 Å². The van der Waals surface area contributed by atoms with E-state index < -0.39 is 29.5 Å². The smallest absolute Gasteiger partial charge is 0.407 e. The van der Waals surface area contributed by atoms with Crippen LogP contribution >= 0.6 is 15.9 Å². The third-order valence-corrected chi connectivity index (χ3v) is 7.43. The summed E-state index contributed by atoms with van der Waals surface area (Å²) in [4.78, 5) is 38.7. The highest BCUT2D eigenvalue weighted by Crippen LogP contribution is 2.29. The Bertz CT molecular complexity index is 1390. The molecule has 1 fully saturated rings. The van der Waals surface area contributed by atoms with Gasteiger partial charge in [-0.1, -0.05) is 28.1 Å². The van der Waals surface area contributed by atoms with Crippen molar-refractivity contribution in [2.75, 3.05) is 11.9 Å². The zero-order valence-electron chi connectivity index (χ0n) is 23.7. The lowest BCUT2D eigenvalue weighted by Gasteiger charge is -2.29. The highest BCUT2D eigenvalue weighted by Gasteiger charge is 2.30. The molecule has 13 heteroatoms. The maximum atomic E-state index is 14.7. The van der Waals surface area contributed by atoms with E-state index in [1.54, 1.807) is 0 Å². The van der Waals surface area contributed by atoms with Gasteiger partial charge >= 0.3 is 6.09 Å². The number of alkyl carbamates (subject to hydrolysis) is 1. The van der Waals surface area contributed by atoms with Crippen LogP contribution in [0, 0.1) is 17.7 Å². The van der Waals surface area contributed by atoms with E-state index in [-0.39, 0.29) is 41.2 Å². The van der Waals surface area contributed by atoms with Crippen molar-refractivity contribution in [1.82, 2.24) is 31.3 Å². The number of hydrogen-bond donors (Lipinski definition) is 4. The van der Waals surface area contributed by atoms with Gasteiger partial charge in [-0.25, -0.2) is 9.18 Å². The molecule has 4 N–H and O–H groups in total. The van der Waals surface area contributed by atoms with Crippen LogP contribution in [0.15, 0.2) is 46.9 Å². The van der Waals surface area contributed by atoms with Crippen molar-refractivity contribution in [3.8, 4) is 11.4 Å². The van der Waals surface area contributed by atoms with Crippen molar-refractivity contribution in [1.29, 1.82) is 0 Å². The lowest BCUT2D eigenvalue weighted by atomic mass is 9.81. The van der Waals surface area contributed by atoms with Crippen molar-refractivity contribution in [2.45, 2.75) is 64.5 Å². The van der Waals surface area contributed by atoms with Gasteiger partial charge in [0.25, 0.3) is 0 Å². The molecular formula is C29H35BrFN7O4. The van der Waals surface area contributed by atoms with Gasteiger partial charge in [-0.3, -0.25) is 9.59 Å². The predicted octanol–water partition coefficient (Wildman–Crippen LogP) is 4.77. The maximum Gasteiger partial charge on any atom is 0.407 e. The van der Waals surface area contributed by atoms with E-state index in [4.69, 9.17) is 4.74 Å². The summed E-state index contributed by atoms with van der Waals surface area (Å²) in [5.74, 6) is -1.22. The number of tetrazole rings is 1. The summed E-state index contributed by atoms with van der Waals surface area (Å²) < 4.78 is 20.9. The third kappa shape index (κ3) is 9.07. The Morgan fingerprint density at radius 1 is 1.12 bits per heavy atom. The van der Waals surface area contributed by atoms with Gasteiger partial charge in [-0.2, -0.15) is 5.21 Å². The zero-order valence-corrected chi connectivity index (χ0v) is 25.3. The summed E-state index contributed by atoms with van der Waals surface area (Å²) in [6.45, 7) is 5.92. The van der Waals surface area contributed by atoms with Gasteiger partial charge in [-0.05, 0) is 93.5 Å². The number of aromatic amines is 1. The summed E-state index contributed by atoms with van der Waals surface area (Å²) in [6.07, 6.45) is 2.61. The van der Waals surface area contributed by atoms with Gasteiger partial charge in [0, 0.05) is 29.0 Å². The molecule has 1 aliphatic rings. The minimum atomic E-state index is -0.890. The fraction of sp³-hybridized carbons (Fsp3) is 0.448. The SMILES string of the molecule is CC(C)(C)OC(=O)NCC1CCC(C(=O)N[C@@H](Cc2cccc(Br)c2)C(=O)Nc2ccc(-c3nn[nH]n3)c(F)c2)CC1. The Morgan fingerprint density at radius 3 is 2.52 bits per heavy atom. The monoisotopic (exact) mass is 643 g/mol. The van der Waals surface area contributed by atoms with E-state index in [0.29, 0.717) is 19.4 Å². The van der Waals surface area contributed by atoms with Crippen LogP contribution < -0.4 is 16.0 Å². The molecule has 3 amide bonds. The van der Waals surface area contributed by atoms with Crippen molar-refractivity contribution in [3.63, 3.8) is 0 Å². The van der Waals surface area contributed by atoms with Crippen LogP contribution in [0.5, 0.6) is 0 Å². The molecule has 0 saturated heterocycles. The van der Waals surface area contributed by atoms with E-state index in [1.807, 2.05) is 45.0 Å². The van der Waals surface area contributed by atoms with E-state index in [9.17, 15) is 18.8 Å². The van der Waals surface area contributed by atoms with Crippen LogP contribution in [0.4, 0.5) is 14.9 Å². The number of carbonyl (C=O) groups is 3. The topological polar surface area (TPSA) is 151 Å². The summed E-state index contributed by atoms with van der Waals surface area (Å²) >= 11 is 3.45. The molecule has 1 heterocycles. The van der Waals surface area contributed by atoms with Crippen LogP contribution in [0.3, 0.4) is 0 Å². The second-order valence-electron chi connectivity index (χ2n) is 11.4. The molecule has 224 valence electrons. The number of anilines is 1. The molecule has 1 aromatic heterocycles. The average molecular weight is 645 g/mol. The average Bonchev–Trinajstić information content (AvgIpc) is 3.46. The fourth-order valence-electron chi connectivity index (χ4n) is 4.85. The van der Waals surface area contributed by atoms with Gasteiger partial charge in [0.1, 0.15) is 17.5 Å². The van der Waals surface area contributed by atoms with E-state index in [2.05, 4.69) is 52.5 Å². The van der Waals surface area contributed by atoms with Gasteiger partial charge < -0.3 is 20.7 Å². The maximum absolute atomic E-state index is 14.7. The lowest BCUT2D eigenvalue weighted by molar-refractivity contribution is -0.130. The molecule has 0 unspecified atom stereocenters. The minimum Gasteiger partial charge on any atom is -0.444 e. The number of H-pyrrole nitrogens is 1. The first kappa shape index (κ1) is 31.1. The van der Waals surface area contributed by atoms with Crippen LogP contribution in [0.2, 0.25) is 0 Å². The molecule has 1 saturated carbocycles. The second-order valence-corrected chi connectivity index (χ2v) is 12.3. The van der Waals surface area contributed by atoms with Gasteiger partial charge in [0.15, 0.2) is 0 Å². The van der Waals surface area contributed by atoms with Crippen LogP contribution in [0.25, 0.3) is 11.4 Å². The molecule has 42 heavy (non-hydrogen) atoms. The number of nitrogens with one attached hydrogen (secondary N) is 4.